The van der Waals surface area contributed by atoms with E-state index in [0.717, 1.165) is 14.7 Å². The average Bonchev–Trinajstić information content (AvgIpc) is 2.65. The highest BCUT2D eigenvalue weighted by atomic mass is 79.9. The zero-order valence-electron chi connectivity index (χ0n) is 7.13. The minimum atomic E-state index is 0.121. The first-order valence-electron chi connectivity index (χ1n) is 4.30. The molecular formula is C11H6Br2O. The second-order valence-electron chi connectivity index (χ2n) is 3.31. The first kappa shape index (κ1) is 8.74. The normalized spacial score (nSPS) is 21.6. The molecule has 0 radical (unpaired) electrons. The molecule has 0 bridgehead atoms. The number of hydrogen-bond donors (Lipinski definition) is 0. The molecule has 1 aromatic rings. The fourth-order valence-corrected chi connectivity index (χ4v) is 3.14. The summed E-state index contributed by atoms with van der Waals surface area (Å²) < 4.78 is 7.87. The maximum absolute atomic E-state index is 5.79. The third-order valence-corrected chi connectivity index (χ3v) is 3.48. The molecule has 0 saturated heterocycles. The van der Waals surface area contributed by atoms with Gasteiger partial charge >= 0.3 is 0 Å². The number of fused-ring (bicyclic) bond motifs is 3. The van der Waals surface area contributed by atoms with E-state index in [0.29, 0.717) is 0 Å². The molecule has 0 aromatic heterocycles. The Balaban J connectivity index is 2.25. The van der Waals surface area contributed by atoms with Crippen molar-refractivity contribution in [3.05, 3.63) is 44.9 Å². The van der Waals surface area contributed by atoms with Gasteiger partial charge in [-0.05, 0) is 34.1 Å². The summed E-state index contributed by atoms with van der Waals surface area (Å²) in [6, 6.07) is 4.10. The molecule has 70 valence electrons. The molecule has 0 spiro atoms. The van der Waals surface area contributed by atoms with Crippen molar-refractivity contribution in [3.63, 3.8) is 0 Å². The number of allylic oxidation sites excluding steroid dienone is 2. The molecule has 3 rings (SSSR count). The van der Waals surface area contributed by atoms with E-state index >= 15 is 0 Å². The van der Waals surface area contributed by atoms with E-state index in [9.17, 15) is 0 Å². The van der Waals surface area contributed by atoms with Gasteiger partial charge in [0.25, 0.3) is 0 Å². The Hall–Kier alpha value is -0.540. The van der Waals surface area contributed by atoms with Crippen LogP contribution in [0.3, 0.4) is 0 Å². The van der Waals surface area contributed by atoms with Crippen LogP contribution < -0.4 is 4.74 Å². The molecule has 0 amide bonds. The summed E-state index contributed by atoms with van der Waals surface area (Å²) in [7, 11) is 0. The predicted molar refractivity (Wildman–Crippen MR) is 63.4 cm³/mol. The molecule has 1 aliphatic heterocycles. The Morgan fingerprint density at radius 2 is 2.07 bits per heavy atom. The van der Waals surface area contributed by atoms with Crippen LogP contribution >= 0.6 is 31.9 Å². The third kappa shape index (κ3) is 1.12. The van der Waals surface area contributed by atoms with Crippen LogP contribution in [-0.4, -0.2) is 6.10 Å². The van der Waals surface area contributed by atoms with Crippen molar-refractivity contribution in [2.24, 2.45) is 0 Å². The van der Waals surface area contributed by atoms with Crippen molar-refractivity contribution in [2.75, 3.05) is 0 Å². The third-order valence-electron chi connectivity index (χ3n) is 2.43. The Bertz CT molecular complexity index is 474. The average molecular weight is 314 g/mol. The summed E-state index contributed by atoms with van der Waals surface area (Å²) in [4.78, 5) is 0. The van der Waals surface area contributed by atoms with Crippen molar-refractivity contribution in [3.8, 4) is 5.75 Å². The number of hydrogen-bond acceptors (Lipinski definition) is 1. The van der Waals surface area contributed by atoms with Crippen LogP contribution in [0.5, 0.6) is 5.75 Å². The lowest BCUT2D eigenvalue weighted by molar-refractivity contribution is 0.323. The zero-order chi connectivity index (χ0) is 9.71. The van der Waals surface area contributed by atoms with Gasteiger partial charge in [-0.15, -0.1) is 0 Å². The van der Waals surface area contributed by atoms with Gasteiger partial charge in [0.05, 0.1) is 4.47 Å². The SMILES string of the molecule is Brc1cc(Br)c2c(c1)C1=CC=CC1O2. The molecule has 2 aliphatic rings. The molecule has 0 fully saturated rings. The fraction of sp³-hybridized carbons (Fsp3) is 0.0909. The molecule has 1 atom stereocenters. The van der Waals surface area contributed by atoms with Gasteiger partial charge in [-0.25, -0.2) is 0 Å². The van der Waals surface area contributed by atoms with Crippen molar-refractivity contribution in [1.29, 1.82) is 0 Å². The molecule has 14 heavy (non-hydrogen) atoms. The standard InChI is InChI=1S/C11H6Br2O/c12-6-4-8-7-2-1-3-10(7)14-11(8)9(13)5-6/h1-5,10H. The van der Waals surface area contributed by atoms with Gasteiger partial charge in [0, 0.05) is 15.6 Å². The minimum absolute atomic E-state index is 0.121. The van der Waals surface area contributed by atoms with Crippen LogP contribution in [0.15, 0.2) is 39.3 Å². The second-order valence-corrected chi connectivity index (χ2v) is 5.08. The van der Waals surface area contributed by atoms with Crippen molar-refractivity contribution in [2.45, 2.75) is 6.10 Å². The molecule has 1 aromatic carbocycles. The van der Waals surface area contributed by atoms with Gasteiger partial charge in [0.2, 0.25) is 0 Å². The Labute approximate surface area is 98.7 Å². The predicted octanol–water partition coefficient (Wildman–Crippen LogP) is 3.93. The fourth-order valence-electron chi connectivity index (χ4n) is 1.83. The van der Waals surface area contributed by atoms with Crippen LogP contribution in [-0.2, 0) is 0 Å². The second kappa shape index (κ2) is 2.97. The number of rotatable bonds is 0. The summed E-state index contributed by atoms with van der Waals surface area (Å²) in [5, 5.41) is 0. The maximum atomic E-state index is 5.79. The van der Waals surface area contributed by atoms with Crippen LogP contribution in [0.25, 0.3) is 5.57 Å². The molecule has 0 saturated carbocycles. The minimum Gasteiger partial charge on any atom is -0.480 e. The van der Waals surface area contributed by atoms with Crippen molar-refractivity contribution < 1.29 is 4.74 Å². The van der Waals surface area contributed by atoms with E-state index in [4.69, 9.17) is 4.74 Å². The van der Waals surface area contributed by atoms with E-state index in [1.807, 2.05) is 12.1 Å². The lowest BCUT2D eigenvalue weighted by Gasteiger charge is -2.04. The number of benzene rings is 1. The van der Waals surface area contributed by atoms with E-state index in [2.05, 4.69) is 50.1 Å². The van der Waals surface area contributed by atoms with Crippen LogP contribution in [0, 0.1) is 0 Å². The molecule has 1 unspecified atom stereocenters. The monoisotopic (exact) mass is 312 g/mol. The van der Waals surface area contributed by atoms with Gasteiger partial charge in [0.15, 0.2) is 0 Å². The Morgan fingerprint density at radius 1 is 1.21 bits per heavy atom. The lowest BCUT2D eigenvalue weighted by Crippen LogP contribution is -2.04. The quantitative estimate of drug-likeness (QED) is 0.705. The summed E-state index contributed by atoms with van der Waals surface area (Å²) in [5.41, 5.74) is 2.43. The van der Waals surface area contributed by atoms with Crippen LogP contribution in [0.2, 0.25) is 0 Å². The molecular weight excluding hydrogens is 308 g/mol. The maximum Gasteiger partial charge on any atom is 0.143 e. The van der Waals surface area contributed by atoms with Crippen LogP contribution in [0.1, 0.15) is 5.56 Å². The van der Waals surface area contributed by atoms with Crippen molar-refractivity contribution in [1.82, 2.24) is 0 Å². The van der Waals surface area contributed by atoms with Gasteiger partial charge in [-0.3, -0.25) is 0 Å². The Kier molecular flexibility index (Phi) is 1.86. The van der Waals surface area contributed by atoms with Gasteiger partial charge in [-0.2, -0.15) is 0 Å². The van der Waals surface area contributed by atoms with Crippen LogP contribution in [0.4, 0.5) is 0 Å². The summed E-state index contributed by atoms with van der Waals surface area (Å²) in [6.07, 6.45) is 6.33. The zero-order valence-corrected chi connectivity index (χ0v) is 10.3. The summed E-state index contributed by atoms with van der Waals surface area (Å²) in [5.74, 6) is 0.953. The summed E-state index contributed by atoms with van der Waals surface area (Å²) in [6.45, 7) is 0. The molecule has 3 heteroatoms. The number of ether oxygens (including phenoxy) is 1. The highest BCUT2D eigenvalue weighted by Gasteiger charge is 2.30. The first-order chi connectivity index (χ1) is 6.75. The molecule has 1 aliphatic carbocycles. The number of halogens is 2. The largest absolute Gasteiger partial charge is 0.480 e. The van der Waals surface area contributed by atoms with Crippen molar-refractivity contribution >= 4 is 37.4 Å². The molecule has 1 nitrogen and oxygen atoms in total. The smallest absolute Gasteiger partial charge is 0.143 e. The van der Waals surface area contributed by atoms with E-state index in [-0.39, 0.29) is 6.10 Å². The summed E-state index contributed by atoms with van der Waals surface area (Å²) >= 11 is 6.98. The van der Waals surface area contributed by atoms with E-state index in [1.165, 1.54) is 11.1 Å². The van der Waals surface area contributed by atoms with E-state index in [1.54, 1.807) is 0 Å². The first-order valence-corrected chi connectivity index (χ1v) is 5.89. The van der Waals surface area contributed by atoms with Gasteiger partial charge in [0.1, 0.15) is 11.9 Å². The molecule has 1 heterocycles. The van der Waals surface area contributed by atoms with E-state index < -0.39 is 0 Å². The lowest BCUT2D eigenvalue weighted by atomic mass is 10.1. The Morgan fingerprint density at radius 3 is 2.93 bits per heavy atom. The highest BCUT2D eigenvalue weighted by Crippen LogP contribution is 2.45. The topological polar surface area (TPSA) is 9.23 Å². The highest BCUT2D eigenvalue weighted by molar-refractivity contribution is 9.11. The van der Waals surface area contributed by atoms with Gasteiger partial charge in [-0.1, -0.05) is 28.1 Å². The van der Waals surface area contributed by atoms with Gasteiger partial charge < -0.3 is 4.74 Å². The molecule has 0 N–H and O–H groups in total.